The number of nitrogens with two attached hydrogens (primary N) is 1. The van der Waals surface area contributed by atoms with Gasteiger partial charge in [-0.1, -0.05) is 20.3 Å². The third-order valence-electron chi connectivity index (χ3n) is 3.10. The zero-order chi connectivity index (χ0) is 15.5. The number of hydrogen-bond acceptors (Lipinski definition) is 2. The van der Waals surface area contributed by atoms with E-state index in [0.29, 0.717) is 18.6 Å². The van der Waals surface area contributed by atoms with E-state index in [1.807, 2.05) is 6.92 Å². The van der Waals surface area contributed by atoms with Crippen LogP contribution in [0.4, 0.5) is 23.2 Å². The molecule has 7 heteroatoms. The van der Waals surface area contributed by atoms with Crippen LogP contribution < -0.4 is 11.1 Å². The van der Waals surface area contributed by atoms with Gasteiger partial charge in [-0.05, 0) is 24.1 Å². The summed E-state index contributed by atoms with van der Waals surface area (Å²) in [5, 5.41) is 2.27. The number of anilines is 1. The topological polar surface area (TPSA) is 55.1 Å². The molecule has 0 spiro atoms. The predicted molar refractivity (Wildman–Crippen MR) is 67.5 cm³/mol. The van der Waals surface area contributed by atoms with Crippen LogP contribution >= 0.6 is 0 Å². The number of hydrogen-bond donors (Lipinski definition) is 2. The van der Waals surface area contributed by atoms with E-state index in [0.717, 1.165) is 6.07 Å². The average molecular weight is 292 g/mol. The molecule has 0 aliphatic carbocycles. The van der Waals surface area contributed by atoms with Gasteiger partial charge in [-0.15, -0.1) is 0 Å². The van der Waals surface area contributed by atoms with E-state index in [1.165, 1.54) is 0 Å². The smallest absolute Gasteiger partial charge is 0.325 e. The zero-order valence-corrected chi connectivity index (χ0v) is 11.1. The quantitative estimate of drug-likeness (QED) is 0.838. The van der Waals surface area contributed by atoms with Crippen molar-refractivity contribution < 1.29 is 22.4 Å². The lowest BCUT2D eigenvalue weighted by atomic mass is 9.99. The van der Waals surface area contributed by atoms with Crippen LogP contribution in [0.2, 0.25) is 0 Å². The van der Waals surface area contributed by atoms with E-state index >= 15 is 0 Å². The number of amides is 1. The minimum absolute atomic E-state index is 0.113. The van der Waals surface area contributed by atoms with Gasteiger partial charge in [0.2, 0.25) is 5.91 Å². The van der Waals surface area contributed by atoms with Gasteiger partial charge in [0, 0.05) is 5.69 Å². The third-order valence-corrected chi connectivity index (χ3v) is 3.10. The lowest BCUT2D eigenvalue weighted by Crippen LogP contribution is -2.40. The van der Waals surface area contributed by atoms with Crippen molar-refractivity contribution in [3.63, 3.8) is 0 Å². The van der Waals surface area contributed by atoms with Crippen molar-refractivity contribution in [2.24, 2.45) is 11.7 Å². The van der Waals surface area contributed by atoms with Crippen molar-refractivity contribution >= 4 is 11.6 Å². The van der Waals surface area contributed by atoms with Gasteiger partial charge in [-0.2, -0.15) is 13.2 Å². The first kappa shape index (κ1) is 16.4. The first-order valence-electron chi connectivity index (χ1n) is 6.10. The summed E-state index contributed by atoms with van der Waals surface area (Å²) in [4.78, 5) is 11.7. The van der Waals surface area contributed by atoms with Crippen molar-refractivity contribution in [2.45, 2.75) is 32.5 Å². The minimum atomic E-state index is -4.82. The standard InChI is InChI=1S/C13H16F4N2O/c1-3-7(2)11(18)12(20)19-8-4-5-10(14)9(6-8)13(15,16)17/h4-7,11H,3,18H2,1-2H3,(H,19,20)/t7?,11-/m0/s1. The van der Waals surface area contributed by atoms with E-state index < -0.39 is 29.5 Å². The average Bonchev–Trinajstić information content (AvgIpc) is 2.37. The van der Waals surface area contributed by atoms with Crippen LogP contribution in [-0.4, -0.2) is 11.9 Å². The van der Waals surface area contributed by atoms with Gasteiger partial charge in [-0.25, -0.2) is 4.39 Å². The summed E-state index contributed by atoms with van der Waals surface area (Å²) in [6.07, 6.45) is -4.16. The Morgan fingerprint density at radius 1 is 1.40 bits per heavy atom. The SMILES string of the molecule is CCC(C)[C@H](N)C(=O)Nc1ccc(F)c(C(F)(F)F)c1. The second-order valence-corrected chi connectivity index (χ2v) is 4.59. The molecule has 0 radical (unpaired) electrons. The fraction of sp³-hybridized carbons (Fsp3) is 0.462. The van der Waals surface area contributed by atoms with Crippen LogP contribution in [0.5, 0.6) is 0 Å². The van der Waals surface area contributed by atoms with Crippen molar-refractivity contribution in [1.29, 1.82) is 0 Å². The van der Waals surface area contributed by atoms with Gasteiger partial charge in [0.15, 0.2) is 0 Å². The fourth-order valence-electron chi connectivity index (χ4n) is 1.56. The Morgan fingerprint density at radius 2 is 2.00 bits per heavy atom. The number of carbonyl (C=O) groups excluding carboxylic acids is 1. The molecule has 0 aromatic heterocycles. The highest BCUT2D eigenvalue weighted by Crippen LogP contribution is 2.33. The maximum absolute atomic E-state index is 13.1. The van der Waals surface area contributed by atoms with Gasteiger partial charge in [0.25, 0.3) is 0 Å². The Hall–Kier alpha value is -1.63. The molecule has 0 fully saturated rings. The molecule has 20 heavy (non-hydrogen) atoms. The van der Waals surface area contributed by atoms with Crippen molar-refractivity contribution in [1.82, 2.24) is 0 Å². The normalized spacial score (nSPS) is 14.8. The maximum Gasteiger partial charge on any atom is 0.419 e. The molecule has 0 aliphatic rings. The minimum Gasteiger partial charge on any atom is -0.325 e. The largest absolute Gasteiger partial charge is 0.419 e. The summed E-state index contributed by atoms with van der Waals surface area (Å²) in [5.41, 5.74) is 4.10. The maximum atomic E-state index is 13.1. The van der Waals surface area contributed by atoms with Gasteiger partial charge in [0.1, 0.15) is 5.82 Å². The molecule has 3 nitrogen and oxygen atoms in total. The highest BCUT2D eigenvalue weighted by atomic mass is 19.4. The van der Waals surface area contributed by atoms with E-state index in [4.69, 9.17) is 5.73 Å². The molecule has 2 atom stereocenters. The summed E-state index contributed by atoms with van der Waals surface area (Å²) < 4.78 is 50.7. The Balaban J connectivity index is 2.92. The fourth-order valence-corrected chi connectivity index (χ4v) is 1.56. The number of alkyl halides is 3. The molecule has 1 amide bonds. The highest BCUT2D eigenvalue weighted by molar-refractivity contribution is 5.94. The number of benzene rings is 1. The lowest BCUT2D eigenvalue weighted by molar-refractivity contribution is -0.140. The predicted octanol–water partition coefficient (Wildman–Crippen LogP) is 3.16. The van der Waals surface area contributed by atoms with Crippen LogP contribution in [0.1, 0.15) is 25.8 Å². The lowest BCUT2D eigenvalue weighted by Gasteiger charge is -2.18. The molecule has 0 heterocycles. The van der Waals surface area contributed by atoms with Gasteiger partial charge in [-0.3, -0.25) is 4.79 Å². The summed E-state index contributed by atoms with van der Waals surface area (Å²) in [7, 11) is 0. The molecule has 1 aromatic rings. The molecule has 0 aliphatic heterocycles. The molecule has 1 aromatic carbocycles. The molecule has 1 unspecified atom stereocenters. The molecule has 0 saturated carbocycles. The van der Waals surface area contributed by atoms with Gasteiger partial charge >= 0.3 is 6.18 Å². The number of carbonyl (C=O) groups is 1. The van der Waals surface area contributed by atoms with Crippen molar-refractivity contribution in [3.8, 4) is 0 Å². The molecule has 112 valence electrons. The Bertz CT molecular complexity index is 488. The summed E-state index contributed by atoms with van der Waals surface area (Å²) in [6, 6.07) is 1.44. The van der Waals surface area contributed by atoms with E-state index in [-0.39, 0.29) is 11.6 Å². The number of rotatable bonds is 4. The van der Waals surface area contributed by atoms with Crippen LogP contribution in [0.3, 0.4) is 0 Å². The molecule has 3 N–H and O–H groups in total. The van der Waals surface area contributed by atoms with E-state index in [2.05, 4.69) is 5.32 Å². The van der Waals surface area contributed by atoms with Crippen molar-refractivity contribution in [3.05, 3.63) is 29.6 Å². The third kappa shape index (κ3) is 3.93. The first-order valence-corrected chi connectivity index (χ1v) is 6.10. The second-order valence-electron chi connectivity index (χ2n) is 4.59. The Morgan fingerprint density at radius 3 is 2.50 bits per heavy atom. The Kier molecular flexibility index (Phi) is 5.10. The molecular weight excluding hydrogens is 276 g/mol. The number of halogens is 4. The second kappa shape index (κ2) is 6.21. The first-order chi connectivity index (χ1) is 9.16. The number of nitrogens with one attached hydrogen (secondary N) is 1. The van der Waals surface area contributed by atoms with Crippen molar-refractivity contribution in [2.75, 3.05) is 5.32 Å². The van der Waals surface area contributed by atoms with Gasteiger partial charge < -0.3 is 11.1 Å². The molecule has 0 saturated heterocycles. The monoisotopic (exact) mass is 292 g/mol. The highest BCUT2D eigenvalue weighted by Gasteiger charge is 2.34. The summed E-state index contributed by atoms with van der Waals surface area (Å²) >= 11 is 0. The van der Waals surface area contributed by atoms with Gasteiger partial charge in [0.05, 0.1) is 11.6 Å². The molecule has 0 bridgehead atoms. The Labute approximate surface area is 114 Å². The van der Waals surface area contributed by atoms with Crippen LogP contribution in [-0.2, 0) is 11.0 Å². The zero-order valence-electron chi connectivity index (χ0n) is 11.1. The summed E-state index contributed by atoms with van der Waals surface area (Å²) in [5.74, 6) is -2.10. The molecular formula is C13H16F4N2O. The van der Waals surface area contributed by atoms with Crippen LogP contribution in [0.15, 0.2) is 18.2 Å². The van der Waals surface area contributed by atoms with E-state index in [1.54, 1.807) is 6.92 Å². The molecule has 1 rings (SSSR count). The van der Waals surface area contributed by atoms with Crippen LogP contribution in [0.25, 0.3) is 0 Å². The van der Waals surface area contributed by atoms with E-state index in [9.17, 15) is 22.4 Å². The van der Waals surface area contributed by atoms with Crippen LogP contribution in [0, 0.1) is 11.7 Å². The summed E-state index contributed by atoms with van der Waals surface area (Å²) in [6.45, 7) is 3.60.